The first-order valence-electron chi connectivity index (χ1n) is 10.3. The van der Waals surface area contributed by atoms with Crippen LogP contribution in [0.2, 0.25) is 0 Å². The molecule has 0 spiro atoms. The summed E-state index contributed by atoms with van der Waals surface area (Å²) in [6.45, 7) is 5.73. The number of carbonyl (C=O) groups is 1. The molecule has 0 fully saturated rings. The second kappa shape index (κ2) is 8.15. The van der Waals surface area contributed by atoms with Gasteiger partial charge in [0, 0.05) is 5.56 Å². The lowest BCUT2D eigenvalue weighted by atomic mass is 9.98. The molecular weight excluding hydrogens is 410 g/mol. The van der Waals surface area contributed by atoms with E-state index in [0.29, 0.717) is 5.56 Å². The van der Waals surface area contributed by atoms with Crippen molar-refractivity contribution in [2.45, 2.75) is 37.8 Å². The van der Waals surface area contributed by atoms with Crippen molar-refractivity contribution in [3.8, 4) is 0 Å². The van der Waals surface area contributed by atoms with Crippen molar-refractivity contribution in [3.63, 3.8) is 0 Å². The van der Waals surface area contributed by atoms with E-state index in [4.69, 9.17) is 0 Å². The molecule has 0 radical (unpaired) electrons. The fourth-order valence-corrected chi connectivity index (χ4v) is 5.12. The minimum Gasteiger partial charge on any atom is -0.348 e. The first-order chi connectivity index (χ1) is 14.8. The molecule has 3 aromatic rings. The Morgan fingerprint density at radius 3 is 2.39 bits per heavy atom. The van der Waals surface area contributed by atoms with Gasteiger partial charge in [-0.3, -0.25) is 14.5 Å². The third-order valence-corrected chi connectivity index (χ3v) is 6.88. The molecule has 7 heteroatoms. The lowest BCUT2D eigenvalue weighted by molar-refractivity contribution is -0.123. The van der Waals surface area contributed by atoms with Crippen LogP contribution in [0.1, 0.15) is 37.9 Å². The number of rotatable bonds is 5. The summed E-state index contributed by atoms with van der Waals surface area (Å²) in [5, 5.41) is 5.26. The lowest BCUT2D eigenvalue weighted by Crippen LogP contribution is -2.39. The Balaban J connectivity index is 1.62. The van der Waals surface area contributed by atoms with Crippen LogP contribution in [0, 0.1) is 5.92 Å². The first kappa shape index (κ1) is 21.1. The molecule has 31 heavy (non-hydrogen) atoms. The predicted octanol–water partition coefficient (Wildman–Crippen LogP) is 3.78. The minimum absolute atomic E-state index is 0.121. The van der Waals surface area contributed by atoms with E-state index in [-0.39, 0.29) is 28.6 Å². The average molecular weight is 436 g/mol. The van der Waals surface area contributed by atoms with Crippen LogP contribution in [0.3, 0.4) is 0 Å². The van der Waals surface area contributed by atoms with Crippen LogP contribution in [-0.4, -0.2) is 26.2 Å². The van der Waals surface area contributed by atoms with Gasteiger partial charge in [-0.05, 0) is 41.3 Å². The van der Waals surface area contributed by atoms with Crippen LogP contribution in [0.5, 0.6) is 0 Å². The molecule has 0 aliphatic carbocycles. The van der Waals surface area contributed by atoms with E-state index in [9.17, 15) is 13.2 Å². The smallest absolute Gasteiger partial charge is 0.263 e. The number of benzene rings is 3. The van der Waals surface area contributed by atoms with Gasteiger partial charge in [-0.2, -0.15) is 0 Å². The maximum atomic E-state index is 13.2. The largest absolute Gasteiger partial charge is 0.348 e. The topological polar surface area (TPSA) is 87.6 Å². The zero-order chi connectivity index (χ0) is 22.2. The lowest BCUT2D eigenvalue weighted by Gasteiger charge is -2.22. The van der Waals surface area contributed by atoms with Gasteiger partial charge in [-0.1, -0.05) is 68.4 Å². The summed E-state index contributed by atoms with van der Waals surface area (Å²) in [7, 11) is -3.65. The quantitative estimate of drug-likeness (QED) is 0.639. The van der Waals surface area contributed by atoms with Gasteiger partial charge in [0.2, 0.25) is 5.91 Å². The van der Waals surface area contributed by atoms with Crippen molar-refractivity contribution in [3.05, 3.63) is 77.9 Å². The van der Waals surface area contributed by atoms with Gasteiger partial charge in [-0.25, -0.2) is 8.42 Å². The van der Waals surface area contributed by atoms with Gasteiger partial charge in [0.25, 0.3) is 10.0 Å². The predicted molar refractivity (Wildman–Crippen MR) is 122 cm³/mol. The molecule has 1 aliphatic rings. The molecule has 6 nitrogen and oxygen atoms in total. The highest BCUT2D eigenvalue weighted by Crippen LogP contribution is 2.26. The van der Waals surface area contributed by atoms with Gasteiger partial charge in [0.1, 0.15) is 11.9 Å². The Kier molecular flexibility index (Phi) is 5.54. The standard InChI is InChI=1S/C24H25N3O3S/c1-15(2)22(26-23-20-12-6-7-14-21(20)31(29,30)27-23)24(28)25-16(3)18-13-8-10-17-9-4-5-11-19(17)18/h4-16,22H,1-3H3,(H,25,28)(H,26,27)/t16?,22-/m1/s1. The Morgan fingerprint density at radius 1 is 0.935 bits per heavy atom. The molecule has 4 rings (SSSR count). The zero-order valence-corrected chi connectivity index (χ0v) is 18.5. The first-order valence-corrected chi connectivity index (χ1v) is 11.7. The van der Waals surface area contributed by atoms with Crippen molar-refractivity contribution in [1.82, 2.24) is 10.0 Å². The van der Waals surface area contributed by atoms with Crippen molar-refractivity contribution < 1.29 is 13.2 Å². The molecule has 2 atom stereocenters. The normalized spacial score (nSPS) is 17.9. The van der Waals surface area contributed by atoms with Crippen molar-refractivity contribution in [2.24, 2.45) is 10.9 Å². The SMILES string of the molecule is CC(NC(=O)[C@H](N=C1NS(=O)(=O)c2ccccc21)C(C)C)c1cccc2ccccc12. The Bertz CT molecular complexity index is 1280. The highest BCUT2D eigenvalue weighted by molar-refractivity contribution is 7.90. The van der Waals surface area contributed by atoms with Crippen LogP contribution < -0.4 is 10.0 Å². The number of nitrogens with zero attached hydrogens (tertiary/aromatic N) is 1. The number of amides is 1. The molecule has 0 saturated heterocycles. The van der Waals surface area contributed by atoms with Crippen LogP contribution in [0.25, 0.3) is 10.8 Å². The highest BCUT2D eigenvalue weighted by atomic mass is 32.2. The minimum atomic E-state index is -3.65. The third-order valence-electron chi connectivity index (χ3n) is 5.48. The van der Waals surface area contributed by atoms with Crippen molar-refractivity contribution in [1.29, 1.82) is 0 Å². The van der Waals surface area contributed by atoms with E-state index in [1.807, 2.05) is 63.2 Å². The number of fused-ring (bicyclic) bond motifs is 2. The van der Waals surface area contributed by atoms with Crippen LogP contribution >= 0.6 is 0 Å². The summed E-state index contributed by atoms with van der Waals surface area (Å²) in [6, 6.07) is 19.8. The fourth-order valence-electron chi connectivity index (χ4n) is 3.88. The molecular formula is C24H25N3O3S. The summed E-state index contributed by atoms with van der Waals surface area (Å²) < 4.78 is 27.2. The fraction of sp³-hybridized carbons (Fsp3) is 0.250. The second-order valence-corrected chi connectivity index (χ2v) is 9.72. The molecule has 1 amide bonds. The number of sulfonamides is 1. The molecule has 1 unspecified atom stereocenters. The molecule has 0 aromatic heterocycles. The van der Waals surface area contributed by atoms with E-state index in [0.717, 1.165) is 16.3 Å². The van der Waals surface area contributed by atoms with Crippen molar-refractivity contribution >= 4 is 32.5 Å². The maximum Gasteiger partial charge on any atom is 0.263 e. The third kappa shape index (κ3) is 4.05. The van der Waals surface area contributed by atoms with Gasteiger partial charge in [-0.15, -0.1) is 0 Å². The summed E-state index contributed by atoms with van der Waals surface area (Å²) in [5.41, 5.74) is 1.51. The molecule has 0 bridgehead atoms. The van der Waals surface area contributed by atoms with Gasteiger partial charge in [0.15, 0.2) is 0 Å². The maximum absolute atomic E-state index is 13.2. The molecule has 0 saturated carbocycles. The summed E-state index contributed by atoms with van der Waals surface area (Å²) in [4.78, 5) is 17.9. The molecule has 160 valence electrons. The summed E-state index contributed by atoms with van der Waals surface area (Å²) >= 11 is 0. The molecule has 3 aromatic carbocycles. The zero-order valence-electron chi connectivity index (χ0n) is 17.7. The highest BCUT2D eigenvalue weighted by Gasteiger charge is 2.33. The number of nitrogens with one attached hydrogen (secondary N) is 2. The van der Waals surface area contributed by atoms with E-state index in [1.165, 1.54) is 6.07 Å². The van der Waals surface area contributed by atoms with E-state index >= 15 is 0 Å². The van der Waals surface area contributed by atoms with Crippen LogP contribution in [-0.2, 0) is 14.8 Å². The summed E-state index contributed by atoms with van der Waals surface area (Å²) in [5.74, 6) is -0.154. The van der Waals surface area contributed by atoms with Gasteiger partial charge < -0.3 is 5.32 Å². The van der Waals surface area contributed by atoms with E-state index in [2.05, 4.69) is 15.0 Å². The Labute approximate surface area is 182 Å². The summed E-state index contributed by atoms with van der Waals surface area (Å²) in [6.07, 6.45) is 0. The monoisotopic (exact) mass is 435 g/mol. The molecule has 1 heterocycles. The van der Waals surface area contributed by atoms with Crippen LogP contribution in [0.15, 0.2) is 76.6 Å². The Hall–Kier alpha value is -3.19. The molecule has 1 aliphatic heterocycles. The second-order valence-electron chi connectivity index (χ2n) is 8.07. The molecule has 2 N–H and O–H groups in total. The number of carbonyl (C=O) groups excluding carboxylic acids is 1. The number of amidine groups is 1. The number of hydrogen-bond donors (Lipinski definition) is 2. The number of aliphatic imine (C=N–C) groups is 1. The average Bonchev–Trinajstić information content (AvgIpc) is 3.01. The van der Waals surface area contributed by atoms with E-state index < -0.39 is 16.1 Å². The Morgan fingerprint density at radius 2 is 1.61 bits per heavy atom. The van der Waals surface area contributed by atoms with Gasteiger partial charge >= 0.3 is 0 Å². The van der Waals surface area contributed by atoms with Gasteiger partial charge in [0.05, 0.1) is 10.9 Å². The van der Waals surface area contributed by atoms with Crippen LogP contribution in [0.4, 0.5) is 0 Å². The van der Waals surface area contributed by atoms with E-state index in [1.54, 1.807) is 18.2 Å². The number of hydrogen-bond acceptors (Lipinski definition) is 4. The van der Waals surface area contributed by atoms with Crippen molar-refractivity contribution in [2.75, 3.05) is 0 Å².